The van der Waals surface area contributed by atoms with Crippen LogP contribution in [0.1, 0.15) is 30.5 Å². The molecular weight excluding hydrogens is 463 g/mol. The molecule has 3 heterocycles. The number of alkyl halides is 3. The van der Waals surface area contributed by atoms with Crippen molar-refractivity contribution in [3.8, 4) is 23.2 Å². The number of halogens is 3. The highest BCUT2D eigenvalue weighted by Crippen LogP contribution is 2.38. The number of ether oxygens (including phenoxy) is 1. The lowest BCUT2D eigenvalue weighted by Crippen LogP contribution is -2.40. The number of amides is 1. The normalized spacial score (nSPS) is 14.9. The number of nitrogens with two attached hydrogens (primary N) is 1. The van der Waals surface area contributed by atoms with E-state index in [0.717, 1.165) is 32.0 Å². The maximum Gasteiger partial charge on any atom is 0.421 e. The second-order valence-electron chi connectivity index (χ2n) is 8.28. The van der Waals surface area contributed by atoms with Crippen molar-refractivity contribution in [3.05, 3.63) is 29.6 Å². The molecule has 0 aliphatic carbocycles. The van der Waals surface area contributed by atoms with Gasteiger partial charge in [-0.05, 0) is 50.4 Å². The fraction of sp³-hybridized carbons (Fsp3) is 0.478. The van der Waals surface area contributed by atoms with Gasteiger partial charge in [0, 0.05) is 25.9 Å². The first-order valence-corrected chi connectivity index (χ1v) is 11.2. The Balaban J connectivity index is 1.70. The molecule has 1 amide bonds. The summed E-state index contributed by atoms with van der Waals surface area (Å²) in [5.74, 6) is -0.239. The minimum absolute atomic E-state index is 0.0406. The number of piperidine rings is 1. The van der Waals surface area contributed by atoms with Crippen molar-refractivity contribution < 1.29 is 22.7 Å². The standard InChI is InChI=1S/C23H28F3N7O2/c1-29-18-10-17(32-19(11-27)21(18)28)15-9-16(23(24,25)26)22(31-12-15)35-8-5-14-3-6-33(7-4-14)13-20(34)30-2/h9-10,12,14H,3-8,13,28H2,1-2H3,(H,29,32)(H,30,34). The summed E-state index contributed by atoms with van der Waals surface area (Å²) in [6.45, 7) is 1.96. The summed E-state index contributed by atoms with van der Waals surface area (Å²) in [6, 6.07) is 4.22. The lowest BCUT2D eigenvalue weighted by atomic mass is 9.94. The Morgan fingerprint density at radius 3 is 2.63 bits per heavy atom. The van der Waals surface area contributed by atoms with Crippen molar-refractivity contribution in [2.75, 3.05) is 51.4 Å². The number of nitrogen functional groups attached to an aromatic ring is 1. The van der Waals surface area contributed by atoms with Gasteiger partial charge in [-0.3, -0.25) is 9.69 Å². The quantitative estimate of drug-likeness (QED) is 0.514. The number of hydrogen-bond acceptors (Lipinski definition) is 8. The number of pyridine rings is 2. The molecule has 1 fully saturated rings. The van der Waals surface area contributed by atoms with E-state index in [1.165, 1.54) is 12.3 Å². The molecule has 0 radical (unpaired) electrons. The van der Waals surface area contributed by atoms with Gasteiger partial charge in [0.2, 0.25) is 11.8 Å². The number of nitrogens with zero attached hydrogens (tertiary/aromatic N) is 4. The van der Waals surface area contributed by atoms with Crippen LogP contribution in [0.2, 0.25) is 0 Å². The van der Waals surface area contributed by atoms with E-state index in [1.54, 1.807) is 14.1 Å². The van der Waals surface area contributed by atoms with Gasteiger partial charge in [-0.1, -0.05) is 0 Å². The Kier molecular flexibility index (Phi) is 8.34. The van der Waals surface area contributed by atoms with Crippen molar-refractivity contribution >= 4 is 17.3 Å². The molecule has 0 atom stereocenters. The highest BCUT2D eigenvalue weighted by molar-refractivity contribution is 5.78. The van der Waals surface area contributed by atoms with Gasteiger partial charge >= 0.3 is 6.18 Å². The average Bonchev–Trinajstić information content (AvgIpc) is 2.84. The third-order valence-corrected chi connectivity index (χ3v) is 6.00. The number of anilines is 2. The number of hydrogen-bond donors (Lipinski definition) is 3. The summed E-state index contributed by atoms with van der Waals surface area (Å²) < 4.78 is 46.8. The Morgan fingerprint density at radius 2 is 2.03 bits per heavy atom. The van der Waals surface area contributed by atoms with E-state index >= 15 is 0 Å². The second-order valence-corrected chi connectivity index (χ2v) is 8.28. The maximum absolute atomic E-state index is 13.8. The van der Waals surface area contributed by atoms with Crippen molar-refractivity contribution in [1.82, 2.24) is 20.2 Å². The maximum atomic E-state index is 13.8. The third-order valence-electron chi connectivity index (χ3n) is 6.00. The molecule has 1 aliphatic rings. The molecule has 3 rings (SSSR count). The molecule has 2 aromatic rings. The Morgan fingerprint density at radius 1 is 1.31 bits per heavy atom. The highest BCUT2D eigenvalue weighted by Gasteiger charge is 2.36. The van der Waals surface area contributed by atoms with E-state index in [0.29, 0.717) is 24.6 Å². The average molecular weight is 492 g/mol. The molecule has 0 spiro atoms. The van der Waals surface area contributed by atoms with Crippen LogP contribution in [-0.2, 0) is 11.0 Å². The van der Waals surface area contributed by atoms with Crippen molar-refractivity contribution in [2.24, 2.45) is 5.92 Å². The van der Waals surface area contributed by atoms with Crippen molar-refractivity contribution in [2.45, 2.75) is 25.4 Å². The molecule has 12 heteroatoms. The van der Waals surface area contributed by atoms with Crippen LogP contribution in [0.25, 0.3) is 11.3 Å². The van der Waals surface area contributed by atoms with E-state index in [1.807, 2.05) is 6.07 Å². The lowest BCUT2D eigenvalue weighted by Gasteiger charge is -2.31. The van der Waals surface area contributed by atoms with Crippen LogP contribution >= 0.6 is 0 Å². The molecule has 188 valence electrons. The molecular formula is C23H28F3N7O2. The van der Waals surface area contributed by atoms with Crippen LogP contribution in [0.4, 0.5) is 24.5 Å². The molecule has 9 nitrogen and oxygen atoms in total. The SMILES string of the molecule is CNC(=O)CN1CCC(CCOc2ncc(-c3cc(NC)c(N)c(C#N)n3)cc2C(F)(F)F)CC1. The molecule has 2 aromatic heterocycles. The van der Waals surface area contributed by atoms with Crippen LogP contribution in [0.15, 0.2) is 18.3 Å². The van der Waals surface area contributed by atoms with Crippen LogP contribution in [0.5, 0.6) is 5.88 Å². The number of likely N-dealkylation sites (N-methyl/N-ethyl adjacent to an activating group) is 1. The van der Waals surface area contributed by atoms with Crippen molar-refractivity contribution in [3.63, 3.8) is 0 Å². The van der Waals surface area contributed by atoms with Gasteiger partial charge in [-0.25, -0.2) is 9.97 Å². The largest absolute Gasteiger partial charge is 0.477 e. The van der Waals surface area contributed by atoms with Crippen molar-refractivity contribution in [1.29, 1.82) is 5.26 Å². The van der Waals surface area contributed by atoms with E-state index in [2.05, 4.69) is 25.5 Å². The minimum atomic E-state index is -4.69. The number of nitrogens with one attached hydrogen (secondary N) is 2. The number of likely N-dealkylation sites (tertiary alicyclic amines) is 1. The molecule has 0 unspecified atom stereocenters. The van der Waals surface area contributed by atoms with Gasteiger partial charge in [0.1, 0.15) is 11.6 Å². The smallest absolute Gasteiger partial charge is 0.421 e. The molecule has 0 aromatic carbocycles. The Bertz CT molecular complexity index is 1090. The minimum Gasteiger partial charge on any atom is -0.477 e. The third kappa shape index (κ3) is 6.51. The van der Waals surface area contributed by atoms with E-state index in [4.69, 9.17) is 10.5 Å². The summed E-state index contributed by atoms with van der Waals surface area (Å²) in [4.78, 5) is 21.5. The predicted octanol–water partition coefficient (Wildman–Crippen LogP) is 2.88. The fourth-order valence-corrected chi connectivity index (χ4v) is 3.94. The van der Waals surface area contributed by atoms with Crippen LogP contribution in [0.3, 0.4) is 0 Å². The number of nitriles is 1. The summed E-state index contributed by atoms with van der Waals surface area (Å²) in [7, 11) is 3.18. The van der Waals surface area contributed by atoms with Crippen LogP contribution in [-0.4, -0.2) is 61.1 Å². The highest BCUT2D eigenvalue weighted by atomic mass is 19.4. The van der Waals surface area contributed by atoms with Crippen LogP contribution in [0, 0.1) is 17.2 Å². The molecule has 1 aliphatic heterocycles. The second kappa shape index (κ2) is 11.2. The van der Waals surface area contributed by atoms with E-state index < -0.39 is 17.6 Å². The molecule has 1 saturated heterocycles. The summed E-state index contributed by atoms with van der Waals surface area (Å²) in [6.07, 6.45) is -1.18. The Hall–Kier alpha value is -3.59. The van der Waals surface area contributed by atoms with E-state index in [-0.39, 0.29) is 35.2 Å². The van der Waals surface area contributed by atoms with Gasteiger partial charge in [-0.2, -0.15) is 18.4 Å². The Labute approximate surface area is 201 Å². The topological polar surface area (TPSA) is 129 Å². The molecule has 0 saturated carbocycles. The zero-order valence-corrected chi connectivity index (χ0v) is 19.6. The molecule has 0 bridgehead atoms. The zero-order valence-electron chi connectivity index (χ0n) is 19.6. The monoisotopic (exact) mass is 491 g/mol. The van der Waals surface area contributed by atoms with Crippen LogP contribution < -0.4 is 21.1 Å². The number of aromatic nitrogens is 2. The summed E-state index contributed by atoms with van der Waals surface area (Å²) in [5, 5.41) is 14.6. The van der Waals surface area contributed by atoms with Gasteiger partial charge in [0.15, 0.2) is 5.69 Å². The number of carbonyl (C=O) groups excluding carboxylic acids is 1. The van der Waals surface area contributed by atoms with Gasteiger partial charge in [0.05, 0.1) is 30.2 Å². The summed E-state index contributed by atoms with van der Waals surface area (Å²) in [5.41, 5.74) is 5.44. The first kappa shape index (κ1) is 26.0. The van der Waals surface area contributed by atoms with Gasteiger partial charge in [0.25, 0.3) is 0 Å². The predicted molar refractivity (Wildman–Crippen MR) is 124 cm³/mol. The van der Waals surface area contributed by atoms with Gasteiger partial charge in [-0.15, -0.1) is 0 Å². The first-order chi connectivity index (χ1) is 16.7. The number of rotatable bonds is 8. The summed E-state index contributed by atoms with van der Waals surface area (Å²) >= 11 is 0. The lowest BCUT2D eigenvalue weighted by molar-refractivity contribution is -0.139. The first-order valence-electron chi connectivity index (χ1n) is 11.2. The number of carbonyl (C=O) groups is 1. The van der Waals surface area contributed by atoms with Gasteiger partial charge < -0.3 is 21.1 Å². The molecule has 35 heavy (non-hydrogen) atoms. The van der Waals surface area contributed by atoms with E-state index in [9.17, 15) is 23.2 Å². The molecule has 4 N–H and O–H groups in total. The fourth-order valence-electron chi connectivity index (χ4n) is 3.94. The zero-order chi connectivity index (χ0) is 25.6.